The molecule has 1 heterocycles. The molecule has 102 valence electrons. The van der Waals surface area contributed by atoms with Crippen LogP contribution in [0.1, 0.15) is 25.1 Å². The van der Waals surface area contributed by atoms with Crippen molar-refractivity contribution in [1.29, 1.82) is 0 Å². The summed E-state index contributed by atoms with van der Waals surface area (Å²) in [5, 5.41) is 10.2. The molecule has 4 heteroatoms. The number of hydrogen-bond acceptors (Lipinski definition) is 2. The number of carbonyl (C=O) groups is 1. The predicted molar refractivity (Wildman–Crippen MR) is 74.7 cm³/mol. The van der Waals surface area contributed by atoms with E-state index in [1.807, 2.05) is 25.1 Å². The van der Waals surface area contributed by atoms with E-state index in [0.29, 0.717) is 6.42 Å². The number of aryl methyl sites for hydroxylation is 1. The number of aliphatic carboxylic acids is 1. The molecule has 2 aromatic rings. The van der Waals surface area contributed by atoms with E-state index >= 15 is 0 Å². The zero-order chi connectivity index (χ0) is 14.2. The number of aromatic amines is 1. The van der Waals surface area contributed by atoms with Crippen molar-refractivity contribution in [3.63, 3.8) is 0 Å². The van der Waals surface area contributed by atoms with Gasteiger partial charge in [-0.25, -0.2) is 0 Å². The van der Waals surface area contributed by atoms with Gasteiger partial charge in [0.2, 0.25) is 0 Å². The van der Waals surface area contributed by atoms with E-state index in [1.165, 1.54) is 0 Å². The Labute approximate surface area is 112 Å². The molecule has 1 aromatic carbocycles. The number of ether oxygens (including phenoxy) is 1. The molecular weight excluding hydrogens is 242 g/mol. The Morgan fingerprint density at radius 1 is 1.42 bits per heavy atom. The van der Waals surface area contributed by atoms with E-state index < -0.39 is 11.4 Å². The van der Waals surface area contributed by atoms with Crippen LogP contribution in [0, 0.1) is 12.3 Å². The van der Waals surface area contributed by atoms with Gasteiger partial charge in [-0.1, -0.05) is 6.07 Å². The summed E-state index contributed by atoms with van der Waals surface area (Å²) in [7, 11) is 1.62. The zero-order valence-electron chi connectivity index (χ0n) is 11.7. The Morgan fingerprint density at radius 2 is 2.11 bits per heavy atom. The minimum absolute atomic E-state index is 0.436. The van der Waals surface area contributed by atoms with Gasteiger partial charge in [0.15, 0.2) is 0 Å². The number of benzene rings is 1. The maximum atomic E-state index is 11.2. The largest absolute Gasteiger partial charge is 0.496 e. The molecule has 0 bridgehead atoms. The van der Waals surface area contributed by atoms with Gasteiger partial charge in [-0.15, -0.1) is 0 Å². The van der Waals surface area contributed by atoms with Gasteiger partial charge in [0.1, 0.15) is 5.75 Å². The van der Waals surface area contributed by atoms with Crippen molar-refractivity contribution in [1.82, 2.24) is 4.98 Å². The fraction of sp³-hybridized carbons (Fsp3) is 0.400. The first-order valence-electron chi connectivity index (χ1n) is 6.24. The standard InChI is InChI=1S/C15H19NO3/c1-9-7-11-12(16-9)6-5-10(13(11)19-4)8-15(2,3)14(17)18/h5-7,16H,8H2,1-4H3,(H,17,18). The van der Waals surface area contributed by atoms with E-state index in [-0.39, 0.29) is 0 Å². The normalized spacial score (nSPS) is 11.8. The molecule has 0 saturated heterocycles. The Balaban J connectivity index is 2.52. The summed E-state index contributed by atoms with van der Waals surface area (Å²) in [5.74, 6) is -0.0453. The van der Waals surface area contributed by atoms with Crippen molar-refractivity contribution < 1.29 is 14.6 Å². The van der Waals surface area contributed by atoms with E-state index in [2.05, 4.69) is 4.98 Å². The van der Waals surface area contributed by atoms with Crippen molar-refractivity contribution in [2.75, 3.05) is 7.11 Å². The van der Waals surface area contributed by atoms with Gasteiger partial charge in [0, 0.05) is 16.6 Å². The lowest BCUT2D eigenvalue weighted by molar-refractivity contribution is -0.146. The fourth-order valence-corrected chi connectivity index (χ4v) is 2.29. The molecule has 0 aliphatic carbocycles. The van der Waals surface area contributed by atoms with Gasteiger partial charge in [0.05, 0.1) is 12.5 Å². The summed E-state index contributed by atoms with van der Waals surface area (Å²) in [4.78, 5) is 14.5. The highest BCUT2D eigenvalue weighted by Gasteiger charge is 2.29. The SMILES string of the molecule is COc1c(CC(C)(C)C(=O)O)ccc2[nH]c(C)cc12. The molecule has 2 N–H and O–H groups in total. The van der Waals surface area contributed by atoms with E-state index in [9.17, 15) is 9.90 Å². The first kappa shape index (κ1) is 13.5. The minimum Gasteiger partial charge on any atom is -0.496 e. The lowest BCUT2D eigenvalue weighted by Crippen LogP contribution is -2.26. The Hall–Kier alpha value is -1.97. The zero-order valence-corrected chi connectivity index (χ0v) is 11.7. The number of aromatic nitrogens is 1. The quantitative estimate of drug-likeness (QED) is 0.888. The van der Waals surface area contributed by atoms with Gasteiger partial charge in [-0.3, -0.25) is 4.79 Å². The Kier molecular flexibility index (Phi) is 3.27. The van der Waals surface area contributed by atoms with E-state index in [1.54, 1.807) is 21.0 Å². The predicted octanol–water partition coefficient (Wildman–Crippen LogP) is 3.14. The van der Waals surface area contributed by atoms with Crippen molar-refractivity contribution in [2.24, 2.45) is 5.41 Å². The maximum Gasteiger partial charge on any atom is 0.309 e. The van der Waals surface area contributed by atoms with Crippen LogP contribution in [0.2, 0.25) is 0 Å². The third-order valence-corrected chi connectivity index (χ3v) is 3.39. The average molecular weight is 261 g/mol. The summed E-state index contributed by atoms with van der Waals surface area (Å²) in [6.07, 6.45) is 0.436. The van der Waals surface area contributed by atoms with Crippen LogP contribution in [0.4, 0.5) is 0 Å². The second-order valence-electron chi connectivity index (χ2n) is 5.54. The van der Waals surface area contributed by atoms with Crippen LogP contribution in [-0.2, 0) is 11.2 Å². The summed E-state index contributed by atoms with van der Waals surface area (Å²) in [5.41, 5.74) is 2.17. The molecule has 2 rings (SSSR count). The lowest BCUT2D eigenvalue weighted by Gasteiger charge is -2.20. The highest BCUT2D eigenvalue weighted by Crippen LogP contribution is 2.34. The van der Waals surface area contributed by atoms with Crippen LogP contribution in [0.3, 0.4) is 0 Å². The first-order valence-corrected chi connectivity index (χ1v) is 6.24. The summed E-state index contributed by atoms with van der Waals surface area (Å²) in [6, 6.07) is 5.92. The Morgan fingerprint density at radius 3 is 2.68 bits per heavy atom. The molecule has 19 heavy (non-hydrogen) atoms. The molecular formula is C15H19NO3. The van der Waals surface area contributed by atoms with Gasteiger partial charge in [-0.2, -0.15) is 0 Å². The molecule has 0 aliphatic heterocycles. The van der Waals surface area contributed by atoms with Crippen molar-refractivity contribution in [2.45, 2.75) is 27.2 Å². The van der Waals surface area contributed by atoms with Crippen LogP contribution >= 0.6 is 0 Å². The number of rotatable bonds is 4. The molecule has 0 aliphatic rings. The molecule has 0 atom stereocenters. The molecule has 0 unspecified atom stereocenters. The van der Waals surface area contributed by atoms with Crippen molar-refractivity contribution in [3.05, 3.63) is 29.5 Å². The lowest BCUT2D eigenvalue weighted by atomic mass is 9.85. The van der Waals surface area contributed by atoms with Crippen LogP contribution < -0.4 is 4.74 Å². The molecule has 0 radical (unpaired) electrons. The number of H-pyrrole nitrogens is 1. The topological polar surface area (TPSA) is 62.3 Å². The number of methoxy groups -OCH3 is 1. The molecule has 1 aromatic heterocycles. The van der Waals surface area contributed by atoms with Gasteiger partial charge in [0.25, 0.3) is 0 Å². The Bertz CT molecular complexity index is 626. The van der Waals surface area contributed by atoms with Crippen molar-refractivity contribution in [3.8, 4) is 5.75 Å². The minimum atomic E-state index is -0.813. The van der Waals surface area contributed by atoms with Gasteiger partial charge < -0.3 is 14.8 Å². The second kappa shape index (κ2) is 4.61. The third kappa shape index (κ3) is 2.43. The summed E-state index contributed by atoms with van der Waals surface area (Å²) < 4.78 is 5.48. The monoisotopic (exact) mass is 261 g/mol. The highest BCUT2D eigenvalue weighted by atomic mass is 16.5. The molecule has 0 fully saturated rings. The fourth-order valence-electron chi connectivity index (χ4n) is 2.29. The number of hydrogen-bond donors (Lipinski definition) is 2. The average Bonchev–Trinajstić information content (AvgIpc) is 2.68. The number of fused-ring (bicyclic) bond motifs is 1. The number of carboxylic acids is 1. The van der Waals surface area contributed by atoms with Crippen LogP contribution in [0.25, 0.3) is 10.9 Å². The molecule has 0 saturated carbocycles. The third-order valence-electron chi connectivity index (χ3n) is 3.39. The first-order chi connectivity index (χ1) is 8.85. The maximum absolute atomic E-state index is 11.2. The van der Waals surface area contributed by atoms with Crippen LogP contribution in [0.5, 0.6) is 5.75 Å². The molecule has 4 nitrogen and oxygen atoms in total. The number of carboxylic acid groups (broad SMARTS) is 1. The van der Waals surface area contributed by atoms with Crippen LogP contribution in [0.15, 0.2) is 18.2 Å². The summed E-state index contributed by atoms with van der Waals surface area (Å²) >= 11 is 0. The van der Waals surface area contributed by atoms with E-state index in [4.69, 9.17) is 4.74 Å². The van der Waals surface area contributed by atoms with Crippen molar-refractivity contribution >= 4 is 16.9 Å². The smallest absolute Gasteiger partial charge is 0.309 e. The second-order valence-corrected chi connectivity index (χ2v) is 5.54. The molecule has 0 spiro atoms. The van der Waals surface area contributed by atoms with E-state index in [0.717, 1.165) is 27.9 Å². The van der Waals surface area contributed by atoms with Gasteiger partial charge in [-0.05, 0) is 44.9 Å². The van der Waals surface area contributed by atoms with Crippen LogP contribution in [-0.4, -0.2) is 23.2 Å². The molecule has 0 amide bonds. The summed E-state index contributed by atoms with van der Waals surface area (Å²) in [6.45, 7) is 5.43. The highest BCUT2D eigenvalue weighted by molar-refractivity contribution is 5.88. The number of nitrogens with one attached hydrogen (secondary N) is 1. The van der Waals surface area contributed by atoms with Gasteiger partial charge >= 0.3 is 5.97 Å².